The van der Waals surface area contributed by atoms with E-state index in [1.54, 1.807) is 12.7 Å². The second kappa shape index (κ2) is 4.26. The Bertz CT molecular complexity index is 401. The average molecular weight is 201 g/mol. The normalized spacial score (nSPS) is 10.9. The molecular weight excluding hydrogens is 186 g/mol. The van der Waals surface area contributed by atoms with Crippen molar-refractivity contribution < 1.29 is 0 Å². The number of nitrogens with zero attached hydrogens (tertiary/aromatic N) is 3. The highest BCUT2D eigenvalue weighted by atomic mass is 15.3. The first-order valence-corrected chi connectivity index (χ1v) is 5.17. The second-order valence-corrected chi connectivity index (χ2v) is 3.99. The fourth-order valence-corrected chi connectivity index (χ4v) is 1.51. The second-order valence-electron chi connectivity index (χ2n) is 3.99. The largest absolute Gasteiger partial charge is 0.249 e. The quantitative estimate of drug-likeness (QED) is 0.763. The summed E-state index contributed by atoms with van der Waals surface area (Å²) >= 11 is 0. The number of hydrogen-bond acceptors (Lipinski definition) is 2. The highest BCUT2D eigenvalue weighted by Gasteiger charge is 1.99. The van der Waals surface area contributed by atoms with Gasteiger partial charge in [0.05, 0.1) is 6.54 Å². The molecule has 2 rings (SSSR count). The van der Waals surface area contributed by atoms with Crippen molar-refractivity contribution in [3.05, 3.63) is 48.0 Å². The average Bonchev–Trinajstić information content (AvgIpc) is 2.71. The molecule has 0 fully saturated rings. The minimum absolute atomic E-state index is 0.588. The first-order valence-electron chi connectivity index (χ1n) is 5.17. The van der Waals surface area contributed by atoms with Crippen LogP contribution in [0.1, 0.15) is 30.9 Å². The fraction of sp³-hybridized carbons (Fsp3) is 0.333. The Balaban J connectivity index is 2.11. The molecule has 15 heavy (non-hydrogen) atoms. The lowest BCUT2D eigenvalue weighted by Gasteiger charge is -2.06. The number of rotatable bonds is 3. The predicted octanol–water partition coefficient (Wildman–Crippen LogP) is 2.45. The Kier molecular flexibility index (Phi) is 2.81. The lowest BCUT2D eigenvalue weighted by atomic mass is 10.0. The van der Waals surface area contributed by atoms with Crippen LogP contribution in [-0.2, 0) is 6.54 Å². The SMILES string of the molecule is CC(C)c1ccc(Cn2cncn2)cc1. The van der Waals surface area contributed by atoms with Crippen LogP contribution in [-0.4, -0.2) is 14.8 Å². The molecule has 78 valence electrons. The van der Waals surface area contributed by atoms with Crippen LogP contribution >= 0.6 is 0 Å². The Morgan fingerprint density at radius 1 is 1.20 bits per heavy atom. The molecule has 1 aromatic carbocycles. The monoisotopic (exact) mass is 201 g/mol. The van der Waals surface area contributed by atoms with Gasteiger partial charge in [0.2, 0.25) is 0 Å². The Hall–Kier alpha value is -1.64. The van der Waals surface area contributed by atoms with Crippen molar-refractivity contribution in [1.29, 1.82) is 0 Å². The summed E-state index contributed by atoms with van der Waals surface area (Å²) in [6.45, 7) is 5.19. The lowest BCUT2D eigenvalue weighted by Crippen LogP contribution is -2.00. The molecule has 0 aliphatic carbocycles. The van der Waals surface area contributed by atoms with E-state index in [1.807, 2.05) is 4.68 Å². The molecule has 3 nitrogen and oxygen atoms in total. The van der Waals surface area contributed by atoms with Gasteiger partial charge in [-0.2, -0.15) is 5.10 Å². The van der Waals surface area contributed by atoms with Crippen molar-refractivity contribution in [2.24, 2.45) is 0 Å². The summed E-state index contributed by atoms with van der Waals surface area (Å²) in [5.41, 5.74) is 2.63. The van der Waals surface area contributed by atoms with Gasteiger partial charge in [0.1, 0.15) is 12.7 Å². The van der Waals surface area contributed by atoms with Crippen LogP contribution in [0, 0.1) is 0 Å². The van der Waals surface area contributed by atoms with Crippen molar-refractivity contribution in [1.82, 2.24) is 14.8 Å². The highest BCUT2D eigenvalue weighted by molar-refractivity contribution is 5.24. The van der Waals surface area contributed by atoms with E-state index in [2.05, 4.69) is 48.2 Å². The summed E-state index contributed by atoms with van der Waals surface area (Å²) in [6, 6.07) is 8.65. The Morgan fingerprint density at radius 2 is 1.93 bits per heavy atom. The molecule has 0 radical (unpaired) electrons. The molecule has 0 N–H and O–H groups in total. The van der Waals surface area contributed by atoms with Crippen molar-refractivity contribution in [3.8, 4) is 0 Å². The van der Waals surface area contributed by atoms with Crippen LogP contribution in [0.4, 0.5) is 0 Å². The third-order valence-corrected chi connectivity index (χ3v) is 2.46. The summed E-state index contributed by atoms with van der Waals surface area (Å²) in [6.07, 6.45) is 3.29. The smallest absolute Gasteiger partial charge is 0.137 e. The molecule has 1 heterocycles. The van der Waals surface area contributed by atoms with E-state index >= 15 is 0 Å². The molecule has 0 bridgehead atoms. The molecule has 3 heteroatoms. The molecule has 0 spiro atoms. The Labute approximate surface area is 89.8 Å². The number of aromatic nitrogens is 3. The van der Waals surface area contributed by atoms with Gasteiger partial charge in [-0.25, -0.2) is 9.67 Å². The summed E-state index contributed by atoms with van der Waals surface area (Å²) < 4.78 is 1.82. The van der Waals surface area contributed by atoms with Gasteiger partial charge in [-0.15, -0.1) is 0 Å². The van der Waals surface area contributed by atoms with Crippen molar-refractivity contribution >= 4 is 0 Å². The zero-order chi connectivity index (χ0) is 10.7. The van der Waals surface area contributed by atoms with E-state index in [0.29, 0.717) is 5.92 Å². The van der Waals surface area contributed by atoms with Gasteiger partial charge in [-0.1, -0.05) is 38.1 Å². The summed E-state index contributed by atoms with van der Waals surface area (Å²) in [4.78, 5) is 3.92. The summed E-state index contributed by atoms with van der Waals surface area (Å²) in [5, 5.41) is 4.07. The van der Waals surface area contributed by atoms with Gasteiger partial charge in [-0.3, -0.25) is 0 Å². The van der Waals surface area contributed by atoms with Crippen LogP contribution in [0.15, 0.2) is 36.9 Å². The molecule has 0 saturated carbocycles. The zero-order valence-electron chi connectivity index (χ0n) is 9.09. The summed E-state index contributed by atoms with van der Waals surface area (Å²) in [7, 11) is 0. The minimum Gasteiger partial charge on any atom is -0.249 e. The molecule has 0 aliphatic heterocycles. The topological polar surface area (TPSA) is 30.7 Å². The molecule has 1 aromatic heterocycles. The minimum atomic E-state index is 0.588. The summed E-state index contributed by atoms with van der Waals surface area (Å²) in [5.74, 6) is 0.588. The van der Waals surface area contributed by atoms with E-state index in [4.69, 9.17) is 0 Å². The first kappa shape index (κ1) is 9.90. The highest BCUT2D eigenvalue weighted by Crippen LogP contribution is 2.14. The van der Waals surface area contributed by atoms with Crippen LogP contribution in [0.25, 0.3) is 0 Å². The predicted molar refractivity (Wildman–Crippen MR) is 59.7 cm³/mol. The van der Waals surface area contributed by atoms with Gasteiger partial charge in [0, 0.05) is 0 Å². The lowest BCUT2D eigenvalue weighted by molar-refractivity contribution is 0.684. The van der Waals surface area contributed by atoms with E-state index in [9.17, 15) is 0 Å². The van der Waals surface area contributed by atoms with Crippen LogP contribution in [0.3, 0.4) is 0 Å². The molecule has 0 saturated heterocycles. The molecule has 0 aliphatic rings. The Morgan fingerprint density at radius 3 is 2.47 bits per heavy atom. The number of hydrogen-bond donors (Lipinski definition) is 0. The maximum Gasteiger partial charge on any atom is 0.137 e. The maximum atomic E-state index is 4.07. The van der Waals surface area contributed by atoms with Gasteiger partial charge in [0.25, 0.3) is 0 Å². The van der Waals surface area contributed by atoms with E-state index < -0.39 is 0 Å². The molecule has 0 unspecified atom stereocenters. The fourth-order valence-electron chi connectivity index (χ4n) is 1.51. The van der Waals surface area contributed by atoms with Gasteiger partial charge in [0.15, 0.2) is 0 Å². The number of benzene rings is 1. The molecular formula is C12H15N3. The van der Waals surface area contributed by atoms with Crippen molar-refractivity contribution in [2.75, 3.05) is 0 Å². The van der Waals surface area contributed by atoms with Crippen molar-refractivity contribution in [3.63, 3.8) is 0 Å². The molecule has 2 aromatic rings. The van der Waals surface area contributed by atoms with Gasteiger partial charge >= 0.3 is 0 Å². The first-order chi connectivity index (χ1) is 7.25. The van der Waals surface area contributed by atoms with E-state index in [-0.39, 0.29) is 0 Å². The van der Waals surface area contributed by atoms with Crippen molar-refractivity contribution in [2.45, 2.75) is 26.3 Å². The van der Waals surface area contributed by atoms with Gasteiger partial charge in [-0.05, 0) is 17.0 Å². The standard InChI is InChI=1S/C12H15N3/c1-10(2)12-5-3-11(4-6-12)7-15-9-13-8-14-15/h3-6,8-10H,7H2,1-2H3. The van der Waals surface area contributed by atoms with Crippen LogP contribution < -0.4 is 0 Å². The van der Waals surface area contributed by atoms with E-state index in [0.717, 1.165) is 6.54 Å². The van der Waals surface area contributed by atoms with Gasteiger partial charge < -0.3 is 0 Å². The molecule has 0 atom stereocenters. The van der Waals surface area contributed by atoms with Crippen LogP contribution in [0.2, 0.25) is 0 Å². The maximum absolute atomic E-state index is 4.07. The third-order valence-electron chi connectivity index (χ3n) is 2.46. The molecule has 0 amide bonds. The van der Waals surface area contributed by atoms with E-state index in [1.165, 1.54) is 11.1 Å². The third kappa shape index (κ3) is 2.43. The zero-order valence-corrected chi connectivity index (χ0v) is 9.09. The van der Waals surface area contributed by atoms with Crippen LogP contribution in [0.5, 0.6) is 0 Å².